The Morgan fingerprint density at radius 3 is 2.17 bits per heavy atom. The van der Waals surface area contributed by atoms with Gasteiger partial charge in [0.05, 0.1) is 25.8 Å². The molecule has 1 N–H and O–H groups in total. The van der Waals surface area contributed by atoms with E-state index in [4.69, 9.17) is 9.47 Å². The molecule has 1 heterocycles. The number of ketones is 1. The summed E-state index contributed by atoms with van der Waals surface area (Å²) in [5.41, 5.74) is 2.97. The second kappa shape index (κ2) is 10.6. The quantitative estimate of drug-likeness (QED) is 0.272. The smallest absolute Gasteiger partial charge is 0.295 e. The summed E-state index contributed by atoms with van der Waals surface area (Å²) in [5, 5.41) is 11.1. The molecule has 6 nitrogen and oxygen atoms in total. The van der Waals surface area contributed by atoms with E-state index in [-0.39, 0.29) is 23.4 Å². The van der Waals surface area contributed by atoms with Crippen LogP contribution in [0.4, 0.5) is 4.39 Å². The SMILES string of the molecule is CCc1ccc(C2/C(=C(/O)c3ccc(F)cc3)C(=O)C(=O)N2CCc2ccc(OC)c(OC)c2)cc1. The van der Waals surface area contributed by atoms with E-state index in [2.05, 4.69) is 0 Å². The Hall–Kier alpha value is -4.13. The largest absolute Gasteiger partial charge is 0.507 e. The summed E-state index contributed by atoms with van der Waals surface area (Å²) in [6.45, 7) is 2.28. The maximum atomic E-state index is 13.5. The van der Waals surface area contributed by atoms with Gasteiger partial charge in [-0.3, -0.25) is 9.59 Å². The van der Waals surface area contributed by atoms with Gasteiger partial charge in [0, 0.05) is 12.1 Å². The van der Waals surface area contributed by atoms with Gasteiger partial charge in [-0.15, -0.1) is 0 Å². The number of nitrogens with zero attached hydrogens (tertiary/aromatic N) is 1. The van der Waals surface area contributed by atoms with Crippen molar-refractivity contribution in [1.82, 2.24) is 4.90 Å². The molecule has 36 heavy (non-hydrogen) atoms. The first-order valence-electron chi connectivity index (χ1n) is 11.7. The van der Waals surface area contributed by atoms with Crippen molar-refractivity contribution in [2.45, 2.75) is 25.8 Å². The number of aryl methyl sites for hydroxylation is 1. The van der Waals surface area contributed by atoms with Gasteiger partial charge in [-0.2, -0.15) is 0 Å². The number of rotatable bonds is 8. The predicted molar refractivity (Wildman–Crippen MR) is 134 cm³/mol. The zero-order chi connectivity index (χ0) is 25.8. The van der Waals surface area contributed by atoms with Crippen LogP contribution in [0.5, 0.6) is 11.5 Å². The molecule has 1 atom stereocenters. The van der Waals surface area contributed by atoms with Gasteiger partial charge in [-0.1, -0.05) is 37.3 Å². The number of halogens is 1. The van der Waals surface area contributed by atoms with E-state index in [9.17, 15) is 19.1 Å². The molecule has 1 unspecified atom stereocenters. The third-order valence-corrected chi connectivity index (χ3v) is 6.45. The number of amides is 1. The Kier molecular flexibility index (Phi) is 7.38. The number of likely N-dealkylation sites (tertiary alicyclic amines) is 1. The van der Waals surface area contributed by atoms with Gasteiger partial charge in [0.1, 0.15) is 11.6 Å². The first-order valence-corrected chi connectivity index (χ1v) is 11.7. The van der Waals surface area contributed by atoms with E-state index in [1.54, 1.807) is 20.3 Å². The van der Waals surface area contributed by atoms with E-state index in [1.165, 1.54) is 29.2 Å². The fourth-order valence-corrected chi connectivity index (χ4v) is 4.44. The van der Waals surface area contributed by atoms with E-state index in [0.717, 1.165) is 17.5 Å². The Bertz CT molecular complexity index is 1300. The molecule has 1 aliphatic heterocycles. The molecular formula is C29H28FNO5. The lowest BCUT2D eigenvalue weighted by molar-refractivity contribution is -0.139. The Morgan fingerprint density at radius 2 is 1.56 bits per heavy atom. The summed E-state index contributed by atoms with van der Waals surface area (Å²) >= 11 is 0. The van der Waals surface area contributed by atoms with Crippen LogP contribution in [0.15, 0.2) is 72.3 Å². The van der Waals surface area contributed by atoms with Crippen molar-refractivity contribution in [2.24, 2.45) is 0 Å². The average molecular weight is 490 g/mol. The number of hydrogen-bond acceptors (Lipinski definition) is 5. The summed E-state index contributed by atoms with van der Waals surface area (Å²) in [5.74, 6) is -1.09. The number of methoxy groups -OCH3 is 2. The molecule has 0 saturated carbocycles. The van der Waals surface area contributed by atoms with Crippen LogP contribution >= 0.6 is 0 Å². The van der Waals surface area contributed by atoms with Crippen molar-refractivity contribution in [3.05, 3.63) is 100 Å². The maximum Gasteiger partial charge on any atom is 0.295 e. The van der Waals surface area contributed by atoms with Gasteiger partial charge >= 0.3 is 0 Å². The van der Waals surface area contributed by atoms with Crippen LogP contribution in [0, 0.1) is 5.82 Å². The molecule has 1 saturated heterocycles. The highest BCUT2D eigenvalue weighted by Crippen LogP contribution is 2.40. The highest BCUT2D eigenvalue weighted by Gasteiger charge is 2.45. The molecule has 0 aromatic heterocycles. The molecule has 0 radical (unpaired) electrons. The van der Waals surface area contributed by atoms with Gasteiger partial charge in [0.15, 0.2) is 11.5 Å². The number of Topliss-reactive ketones (excluding diaryl/α,β-unsaturated/α-hetero) is 1. The Labute approximate surface area is 209 Å². The molecule has 0 bridgehead atoms. The topological polar surface area (TPSA) is 76.1 Å². The number of aliphatic hydroxyl groups is 1. The summed E-state index contributed by atoms with van der Waals surface area (Å²) in [4.78, 5) is 27.8. The van der Waals surface area contributed by atoms with Crippen molar-refractivity contribution in [3.8, 4) is 11.5 Å². The van der Waals surface area contributed by atoms with E-state index < -0.39 is 23.5 Å². The van der Waals surface area contributed by atoms with Crippen molar-refractivity contribution >= 4 is 17.4 Å². The van der Waals surface area contributed by atoms with Gasteiger partial charge in [-0.25, -0.2) is 4.39 Å². The van der Waals surface area contributed by atoms with Crippen molar-refractivity contribution in [2.75, 3.05) is 20.8 Å². The number of benzene rings is 3. The lowest BCUT2D eigenvalue weighted by Gasteiger charge is -2.25. The van der Waals surface area contributed by atoms with Crippen molar-refractivity contribution in [1.29, 1.82) is 0 Å². The van der Waals surface area contributed by atoms with Crippen LogP contribution in [0.3, 0.4) is 0 Å². The minimum Gasteiger partial charge on any atom is -0.507 e. The number of carbonyl (C=O) groups excluding carboxylic acids is 2. The van der Waals surface area contributed by atoms with Gasteiger partial charge in [0.25, 0.3) is 11.7 Å². The molecule has 0 spiro atoms. The summed E-state index contributed by atoms with van der Waals surface area (Å²) < 4.78 is 24.1. The van der Waals surface area contributed by atoms with Crippen LogP contribution in [0.1, 0.15) is 35.2 Å². The maximum absolute atomic E-state index is 13.5. The molecule has 4 rings (SSSR count). The van der Waals surface area contributed by atoms with Crippen LogP contribution in [0.25, 0.3) is 5.76 Å². The molecule has 3 aromatic rings. The van der Waals surface area contributed by atoms with Crippen molar-refractivity contribution < 1.29 is 28.6 Å². The number of ether oxygens (including phenoxy) is 2. The molecule has 1 fully saturated rings. The zero-order valence-corrected chi connectivity index (χ0v) is 20.5. The molecular weight excluding hydrogens is 461 g/mol. The van der Waals surface area contributed by atoms with Crippen LogP contribution in [-0.4, -0.2) is 42.5 Å². The Morgan fingerprint density at radius 1 is 0.917 bits per heavy atom. The molecule has 7 heteroatoms. The molecule has 1 aliphatic rings. The van der Waals surface area contributed by atoms with Crippen LogP contribution in [-0.2, 0) is 22.4 Å². The molecule has 186 valence electrons. The first kappa shape index (κ1) is 25.0. The summed E-state index contributed by atoms with van der Waals surface area (Å²) in [7, 11) is 3.11. The predicted octanol–water partition coefficient (Wildman–Crippen LogP) is 5.07. The van der Waals surface area contributed by atoms with Crippen LogP contribution in [0.2, 0.25) is 0 Å². The van der Waals surface area contributed by atoms with Crippen LogP contribution < -0.4 is 9.47 Å². The third-order valence-electron chi connectivity index (χ3n) is 6.45. The third kappa shape index (κ3) is 4.82. The fraction of sp³-hybridized carbons (Fsp3) is 0.241. The standard InChI is InChI=1S/C29H28FNO5/c1-4-18-5-8-20(9-6-18)26-25(27(32)21-10-12-22(30)13-11-21)28(33)29(34)31(26)16-15-19-7-14-23(35-2)24(17-19)36-3/h5-14,17,26,32H,4,15-16H2,1-3H3/b27-25-. The monoisotopic (exact) mass is 489 g/mol. The van der Waals surface area contributed by atoms with E-state index in [1.807, 2.05) is 43.3 Å². The second-order valence-corrected chi connectivity index (χ2v) is 8.53. The molecule has 1 amide bonds. The van der Waals surface area contributed by atoms with Gasteiger partial charge in [0.2, 0.25) is 0 Å². The number of aliphatic hydroxyl groups excluding tert-OH is 1. The van der Waals surface area contributed by atoms with E-state index >= 15 is 0 Å². The minimum absolute atomic E-state index is 0.0110. The first-order chi connectivity index (χ1) is 17.4. The van der Waals surface area contributed by atoms with E-state index in [0.29, 0.717) is 23.5 Å². The normalized spacial score (nSPS) is 16.9. The highest BCUT2D eigenvalue weighted by molar-refractivity contribution is 6.46. The number of carbonyl (C=O) groups is 2. The number of hydrogen-bond donors (Lipinski definition) is 1. The van der Waals surface area contributed by atoms with Crippen molar-refractivity contribution in [3.63, 3.8) is 0 Å². The highest BCUT2D eigenvalue weighted by atomic mass is 19.1. The lowest BCUT2D eigenvalue weighted by atomic mass is 9.94. The summed E-state index contributed by atoms with van der Waals surface area (Å²) in [6, 6.07) is 17.5. The zero-order valence-electron chi connectivity index (χ0n) is 20.5. The summed E-state index contributed by atoms with van der Waals surface area (Å²) in [6.07, 6.45) is 1.29. The van der Waals surface area contributed by atoms with Gasteiger partial charge in [-0.05, 0) is 65.9 Å². The van der Waals surface area contributed by atoms with Gasteiger partial charge < -0.3 is 19.5 Å². The molecule has 3 aromatic carbocycles. The minimum atomic E-state index is -0.777. The molecule has 0 aliphatic carbocycles. The fourth-order valence-electron chi connectivity index (χ4n) is 4.44. The lowest BCUT2D eigenvalue weighted by Crippen LogP contribution is -2.31. The second-order valence-electron chi connectivity index (χ2n) is 8.53. The Balaban J connectivity index is 1.74. The average Bonchev–Trinajstić information content (AvgIpc) is 3.16.